The van der Waals surface area contributed by atoms with E-state index in [-0.39, 0.29) is 13.2 Å². The molecule has 2 aliphatic heterocycles. The predicted octanol–water partition coefficient (Wildman–Crippen LogP) is -1.95. The number of aliphatic hydroxyl groups excluding tert-OH is 2. The number of carbonyl (C=O) groups excluding carboxylic acids is 1. The van der Waals surface area contributed by atoms with Gasteiger partial charge in [0.25, 0.3) is 0 Å². The molecule has 2 fully saturated rings. The molecule has 0 aromatic heterocycles. The normalized spacial score (nSPS) is 42.9. The smallest absolute Gasteiger partial charge is 0.338 e. The highest BCUT2D eigenvalue weighted by molar-refractivity contribution is 5.77. The van der Waals surface area contributed by atoms with Crippen LogP contribution < -0.4 is 0 Å². The first-order valence-corrected chi connectivity index (χ1v) is 4.46. The second-order valence-electron chi connectivity index (χ2n) is 3.27. The number of ether oxygens (including phenoxy) is 3. The van der Waals surface area contributed by atoms with Crippen molar-refractivity contribution in [2.75, 3.05) is 19.8 Å². The van der Waals surface area contributed by atoms with Crippen LogP contribution in [0.15, 0.2) is 0 Å². The highest BCUT2D eigenvalue weighted by Crippen LogP contribution is 2.25. The SMILES string of the molecule is O=C1O[C@H]2[C@H](OCCO[C@H]2CO)[C@@H]1O. The molecule has 6 nitrogen and oxygen atoms in total. The molecule has 0 aromatic carbocycles. The molecule has 0 radical (unpaired) electrons. The van der Waals surface area contributed by atoms with Crippen LogP contribution in [0.5, 0.6) is 0 Å². The van der Waals surface area contributed by atoms with Crippen LogP contribution in [0.1, 0.15) is 0 Å². The van der Waals surface area contributed by atoms with Gasteiger partial charge in [-0.05, 0) is 0 Å². The van der Waals surface area contributed by atoms with Crippen molar-refractivity contribution in [3.63, 3.8) is 0 Å². The number of fused-ring (bicyclic) bond motifs is 1. The van der Waals surface area contributed by atoms with Gasteiger partial charge in [-0.1, -0.05) is 0 Å². The lowest BCUT2D eigenvalue weighted by Gasteiger charge is -2.21. The molecule has 14 heavy (non-hydrogen) atoms. The molecule has 0 saturated carbocycles. The third kappa shape index (κ3) is 1.50. The first-order chi connectivity index (χ1) is 6.74. The maximum Gasteiger partial charge on any atom is 0.338 e. The van der Waals surface area contributed by atoms with E-state index in [1.165, 1.54) is 0 Å². The number of aliphatic hydroxyl groups is 2. The molecule has 2 aliphatic rings. The Morgan fingerprint density at radius 3 is 2.71 bits per heavy atom. The lowest BCUT2D eigenvalue weighted by atomic mass is 10.1. The van der Waals surface area contributed by atoms with Crippen molar-refractivity contribution in [3.8, 4) is 0 Å². The Hall–Kier alpha value is -0.690. The number of esters is 1. The molecule has 0 spiro atoms. The zero-order valence-electron chi connectivity index (χ0n) is 7.46. The molecular weight excluding hydrogens is 192 g/mol. The van der Waals surface area contributed by atoms with Gasteiger partial charge in [-0.15, -0.1) is 0 Å². The third-order valence-electron chi connectivity index (χ3n) is 2.40. The van der Waals surface area contributed by atoms with Gasteiger partial charge in [0.2, 0.25) is 0 Å². The monoisotopic (exact) mass is 204 g/mol. The van der Waals surface area contributed by atoms with Gasteiger partial charge in [-0.3, -0.25) is 0 Å². The van der Waals surface area contributed by atoms with Crippen LogP contribution in [0.3, 0.4) is 0 Å². The Balaban J connectivity index is 2.15. The minimum Gasteiger partial charge on any atom is -0.455 e. The van der Waals surface area contributed by atoms with E-state index >= 15 is 0 Å². The lowest BCUT2D eigenvalue weighted by molar-refractivity contribution is -0.152. The largest absolute Gasteiger partial charge is 0.455 e. The summed E-state index contributed by atoms with van der Waals surface area (Å²) in [5, 5.41) is 18.4. The van der Waals surface area contributed by atoms with Crippen molar-refractivity contribution in [1.82, 2.24) is 0 Å². The van der Waals surface area contributed by atoms with E-state index in [0.717, 1.165) is 0 Å². The number of carbonyl (C=O) groups is 1. The summed E-state index contributed by atoms with van der Waals surface area (Å²) in [6.45, 7) is 0.346. The molecule has 2 heterocycles. The van der Waals surface area contributed by atoms with Crippen LogP contribution in [0.4, 0.5) is 0 Å². The Bertz CT molecular complexity index is 230. The first-order valence-electron chi connectivity index (χ1n) is 4.46. The fraction of sp³-hybridized carbons (Fsp3) is 0.875. The van der Waals surface area contributed by atoms with Crippen molar-refractivity contribution < 1.29 is 29.2 Å². The Morgan fingerprint density at radius 2 is 2.00 bits per heavy atom. The molecule has 80 valence electrons. The summed E-state index contributed by atoms with van der Waals surface area (Å²) >= 11 is 0. The van der Waals surface area contributed by atoms with Gasteiger partial charge in [0.1, 0.15) is 12.2 Å². The van der Waals surface area contributed by atoms with E-state index in [2.05, 4.69) is 0 Å². The van der Waals surface area contributed by atoms with E-state index in [4.69, 9.17) is 19.3 Å². The summed E-state index contributed by atoms with van der Waals surface area (Å²) in [6.07, 6.45) is -3.30. The number of hydrogen-bond acceptors (Lipinski definition) is 6. The molecule has 0 unspecified atom stereocenters. The van der Waals surface area contributed by atoms with E-state index in [0.29, 0.717) is 6.61 Å². The lowest BCUT2D eigenvalue weighted by Crippen LogP contribution is -2.41. The minimum absolute atomic E-state index is 0.259. The van der Waals surface area contributed by atoms with Gasteiger partial charge < -0.3 is 24.4 Å². The van der Waals surface area contributed by atoms with Crippen molar-refractivity contribution in [1.29, 1.82) is 0 Å². The zero-order valence-corrected chi connectivity index (χ0v) is 7.46. The van der Waals surface area contributed by atoms with Crippen molar-refractivity contribution >= 4 is 5.97 Å². The van der Waals surface area contributed by atoms with Gasteiger partial charge in [0.05, 0.1) is 19.8 Å². The van der Waals surface area contributed by atoms with E-state index in [1.54, 1.807) is 0 Å². The summed E-state index contributed by atoms with van der Waals surface area (Å²) in [6, 6.07) is 0. The maximum atomic E-state index is 11.0. The number of hydrogen-bond donors (Lipinski definition) is 2. The Kier molecular flexibility index (Phi) is 2.69. The van der Waals surface area contributed by atoms with Crippen LogP contribution >= 0.6 is 0 Å². The molecule has 0 aromatic rings. The molecule has 2 saturated heterocycles. The molecule has 0 aliphatic carbocycles. The zero-order chi connectivity index (χ0) is 10.1. The van der Waals surface area contributed by atoms with Gasteiger partial charge in [-0.2, -0.15) is 0 Å². The first kappa shape index (κ1) is 9.85. The maximum absolute atomic E-state index is 11.0. The van der Waals surface area contributed by atoms with Crippen LogP contribution in [0, 0.1) is 0 Å². The molecule has 2 N–H and O–H groups in total. The minimum atomic E-state index is -1.27. The van der Waals surface area contributed by atoms with Gasteiger partial charge in [0, 0.05) is 0 Å². The van der Waals surface area contributed by atoms with Gasteiger partial charge >= 0.3 is 5.97 Å². The Morgan fingerprint density at radius 1 is 1.29 bits per heavy atom. The summed E-state index contributed by atoms with van der Waals surface area (Å²) in [5.41, 5.74) is 0. The average Bonchev–Trinajstić information content (AvgIpc) is 2.41. The van der Waals surface area contributed by atoms with Crippen LogP contribution in [0.2, 0.25) is 0 Å². The van der Waals surface area contributed by atoms with E-state index < -0.39 is 30.4 Å². The summed E-state index contributed by atoms with van der Waals surface area (Å²) in [5.74, 6) is -0.719. The quantitative estimate of drug-likeness (QED) is 0.483. The fourth-order valence-corrected chi connectivity index (χ4v) is 1.69. The molecule has 2 rings (SSSR count). The summed E-state index contributed by atoms with van der Waals surface area (Å²) in [4.78, 5) is 11.0. The standard InChI is InChI=1S/C8H12O6/c9-3-4-6-7(13-2-1-12-4)5(10)8(11)14-6/h4-7,9-10H,1-3H2/t4-,5-,6+,7+/m0/s1. The molecule has 4 atom stereocenters. The number of rotatable bonds is 1. The summed E-state index contributed by atoms with van der Waals surface area (Å²) < 4.78 is 15.3. The molecule has 6 heteroatoms. The summed E-state index contributed by atoms with van der Waals surface area (Å²) in [7, 11) is 0. The van der Waals surface area contributed by atoms with Crippen molar-refractivity contribution in [2.24, 2.45) is 0 Å². The topological polar surface area (TPSA) is 85.2 Å². The van der Waals surface area contributed by atoms with Crippen LogP contribution in [-0.4, -0.2) is 60.4 Å². The highest BCUT2D eigenvalue weighted by atomic mass is 16.6. The predicted molar refractivity (Wildman–Crippen MR) is 42.5 cm³/mol. The Labute approximate surface area is 80.4 Å². The van der Waals surface area contributed by atoms with Crippen LogP contribution in [-0.2, 0) is 19.0 Å². The second-order valence-corrected chi connectivity index (χ2v) is 3.27. The molecular formula is C8H12O6. The van der Waals surface area contributed by atoms with Gasteiger partial charge in [0.15, 0.2) is 12.2 Å². The van der Waals surface area contributed by atoms with Crippen molar-refractivity contribution in [3.05, 3.63) is 0 Å². The third-order valence-corrected chi connectivity index (χ3v) is 2.40. The fourth-order valence-electron chi connectivity index (χ4n) is 1.69. The van der Waals surface area contributed by atoms with Gasteiger partial charge in [-0.25, -0.2) is 4.79 Å². The van der Waals surface area contributed by atoms with Crippen LogP contribution in [0.25, 0.3) is 0 Å². The van der Waals surface area contributed by atoms with E-state index in [1.807, 2.05) is 0 Å². The highest BCUT2D eigenvalue weighted by Gasteiger charge is 2.49. The van der Waals surface area contributed by atoms with Crippen molar-refractivity contribution in [2.45, 2.75) is 24.4 Å². The average molecular weight is 204 g/mol. The molecule has 0 amide bonds. The molecule has 0 bridgehead atoms. The second kappa shape index (κ2) is 3.82. The van der Waals surface area contributed by atoms with E-state index in [9.17, 15) is 9.90 Å².